The maximum Gasteiger partial charge on any atom is 0.252 e. The molecule has 0 saturated heterocycles. The molecule has 0 radical (unpaired) electrons. The van der Waals surface area contributed by atoms with Gasteiger partial charge in [-0.05, 0) is 31.2 Å². The fourth-order valence-corrected chi connectivity index (χ4v) is 2.59. The second kappa shape index (κ2) is 6.32. The van der Waals surface area contributed by atoms with Crippen LogP contribution in [0, 0.1) is 29.9 Å². The number of rotatable bonds is 3. The van der Waals surface area contributed by atoms with Crippen molar-refractivity contribution in [2.45, 2.75) is 13.0 Å². The number of carbonyl (C=O) groups excluding carboxylic acids is 1. The molecule has 1 unspecified atom stereocenters. The zero-order chi connectivity index (χ0) is 18.1. The van der Waals surface area contributed by atoms with Gasteiger partial charge < -0.3 is 9.88 Å². The van der Waals surface area contributed by atoms with E-state index in [9.17, 15) is 18.8 Å². The summed E-state index contributed by atoms with van der Waals surface area (Å²) < 4.78 is 28.7. The first-order valence-electron chi connectivity index (χ1n) is 7.49. The Morgan fingerprint density at radius 1 is 1.28 bits per heavy atom. The summed E-state index contributed by atoms with van der Waals surface area (Å²) in [5.41, 5.74) is 1.73. The number of benzene rings is 2. The third-order valence-corrected chi connectivity index (χ3v) is 4.04. The van der Waals surface area contributed by atoms with Gasteiger partial charge in [0.25, 0.3) is 5.91 Å². The maximum atomic E-state index is 13.8. The van der Waals surface area contributed by atoms with E-state index in [1.807, 2.05) is 24.6 Å². The first-order valence-corrected chi connectivity index (χ1v) is 7.49. The monoisotopic (exact) mass is 340 g/mol. The number of aromatic nitrogens is 2. The molecule has 2 aromatic carbocycles. The first kappa shape index (κ1) is 16.6. The number of aryl methyl sites for hydroxylation is 2. The highest BCUT2D eigenvalue weighted by molar-refractivity contribution is 5.97. The number of hydrogen-bond acceptors (Lipinski definition) is 3. The van der Waals surface area contributed by atoms with E-state index < -0.39 is 23.6 Å². The molecule has 1 atom stereocenters. The molecule has 0 fully saturated rings. The quantitative estimate of drug-likeness (QED) is 0.796. The Morgan fingerprint density at radius 2 is 2.04 bits per heavy atom. The number of carbonyl (C=O) groups is 1. The molecular formula is C18H14F2N4O. The van der Waals surface area contributed by atoms with Crippen LogP contribution in [-0.2, 0) is 7.05 Å². The molecule has 7 heteroatoms. The van der Waals surface area contributed by atoms with E-state index in [-0.39, 0.29) is 5.56 Å². The molecule has 1 amide bonds. The van der Waals surface area contributed by atoms with Crippen molar-refractivity contribution in [3.8, 4) is 6.07 Å². The Bertz CT molecular complexity index is 1020. The minimum absolute atomic E-state index is 0.0907. The van der Waals surface area contributed by atoms with Crippen LogP contribution < -0.4 is 5.32 Å². The summed E-state index contributed by atoms with van der Waals surface area (Å²) in [4.78, 5) is 16.8. The van der Waals surface area contributed by atoms with Crippen LogP contribution in [0.5, 0.6) is 0 Å². The van der Waals surface area contributed by atoms with Crippen molar-refractivity contribution in [2.24, 2.45) is 7.05 Å². The van der Waals surface area contributed by atoms with Gasteiger partial charge in [-0.15, -0.1) is 0 Å². The smallest absolute Gasteiger partial charge is 0.252 e. The van der Waals surface area contributed by atoms with Gasteiger partial charge in [-0.25, -0.2) is 13.8 Å². The molecule has 1 heterocycles. The van der Waals surface area contributed by atoms with Gasteiger partial charge in [-0.1, -0.05) is 6.07 Å². The lowest BCUT2D eigenvalue weighted by atomic mass is 10.1. The van der Waals surface area contributed by atoms with Crippen LogP contribution in [0.2, 0.25) is 0 Å². The Balaban J connectivity index is 1.88. The summed E-state index contributed by atoms with van der Waals surface area (Å²) in [5.74, 6) is -1.38. The van der Waals surface area contributed by atoms with E-state index in [1.54, 1.807) is 18.2 Å². The molecule has 0 bridgehead atoms. The normalized spacial score (nSPS) is 12.0. The molecular weight excluding hydrogens is 326 g/mol. The van der Waals surface area contributed by atoms with Gasteiger partial charge in [0.15, 0.2) is 0 Å². The zero-order valence-electron chi connectivity index (χ0n) is 13.5. The number of amides is 1. The van der Waals surface area contributed by atoms with Gasteiger partial charge in [0.2, 0.25) is 0 Å². The molecule has 126 valence electrons. The number of nitrogens with one attached hydrogen (secondary N) is 1. The van der Waals surface area contributed by atoms with Crippen LogP contribution in [0.25, 0.3) is 11.0 Å². The number of nitriles is 1. The minimum Gasteiger partial charge on any atom is -0.332 e. The minimum atomic E-state index is -1.23. The van der Waals surface area contributed by atoms with Gasteiger partial charge in [-0.3, -0.25) is 4.79 Å². The molecule has 5 nitrogen and oxygen atoms in total. The second-order valence-corrected chi connectivity index (χ2v) is 5.62. The van der Waals surface area contributed by atoms with Gasteiger partial charge >= 0.3 is 0 Å². The average Bonchev–Trinajstić information content (AvgIpc) is 2.87. The molecule has 0 spiro atoms. The van der Waals surface area contributed by atoms with Gasteiger partial charge in [0.05, 0.1) is 17.1 Å². The van der Waals surface area contributed by atoms with Gasteiger partial charge in [0, 0.05) is 24.2 Å². The number of nitrogens with zero attached hydrogens (tertiary/aromatic N) is 3. The Morgan fingerprint density at radius 3 is 2.72 bits per heavy atom. The standard InChI is InChI=1S/C18H14F2N4O/c1-10-22-15-7-11(3-6-17(15)24(10)2)18(25)23-16(9-21)13-5-4-12(19)8-14(13)20/h3-8,16H,1-2H3,(H,23,25). The zero-order valence-corrected chi connectivity index (χ0v) is 13.5. The van der Waals surface area contributed by atoms with Crippen LogP contribution >= 0.6 is 0 Å². The molecule has 0 saturated carbocycles. The third kappa shape index (κ3) is 3.06. The maximum absolute atomic E-state index is 13.8. The topological polar surface area (TPSA) is 70.7 Å². The highest BCUT2D eigenvalue weighted by Crippen LogP contribution is 2.20. The Kier molecular flexibility index (Phi) is 4.19. The third-order valence-electron chi connectivity index (χ3n) is 4.04. The van der Waals surface area contributed by atoms with Crippen molar-refractivity contribution in [1.82, 2.24) is 14.9 Å². The van der Waals surface area contributed by atoms with E-state index in [2.05, 4.69) is 10.3 Å². The Labute approximate surface area is 142 Å². The lowest BCUT2D eigenvalue weighted by Crippen LogP contribution is -2.28. The predicted molar refractivity (Wildman–Crippen MR) is 87.6 cm³/mol. The average molecular weight is 340 g/mol. The SMILES string of the molecule is Cc1nc2cc(C(=O)NC(C#N)c3ccc(F)cc3F)ccc2n1C. The Hall–Kier alpha value is -3.27. The molecule has 3 aromatic rings. The van der Waals surface area contributed by atoms with Gasteiger partial charge in [-0.2, -0.15) is 5.26 Å². The molecule has 25 heavy (non-hydrogen) atoms. The fraction of sp³-hybridized carbons (Fsp3) is 0.167. The molecule has 0 aliphatic heterocycles. The molecule has 0 aliphatic carbocycles. The highest BCUT2D eigenvalue weighted by Gasteiger charge is 2.19. The van der Waals surface area contributed by atoms with Crippen LogP contribution in [0.1, 0.15) is 27.8 Å². The number of fused-ring (bicyclic) bond motifs is 1. The summed E-state index contributed by atoms with van der Waals surface area (Å²) >= 11 is 0. The van der Waals surface area contributed by atoms with Crippen molar-refractivity contribution < 1.29 is 13.6 Å². The predicted octanol–water partition coefficient (Wildman–Crippen LogP) is 3.15. The first-order chi connectivity index (χ1) is 11.9. The summed E-state index contributed by atoms with van der Waals surface area (Å²) in [7, 11) is 1.87. The van der Waals surface area contributed by atoms with Gasteiger partial charge in [0.1, 0.15) is 23.5 Å². The summed E-state index contributed by atoms with van der Waals surface area (Å²) in [5, 5.41) is 11.7. The van der Waals surface area contributed by atoms with Crippen LogP contribution in [-0.4, -0.2) is 15.5 Å². The molecule has 0 aliphatic rings. The summed E-state index contributed by atoms with van der Waals surface area (Å²) in [6, 6.07) is 8.41. The number of imidazole rings is 1. The summed E-state index contributed by atoms with van der Waals surface area (Å²) in [6.07, 6.45) is 0. The van der Waals surface area contributed by atoms with Crippen molar-refractivity contribution >= 4 is 16.9 Å². The van der Waals surface area contributed by atoms with Crippen molar-refractivity contribution in [2.75, 3.05) is 0 Å². The van der Waals surface area contributed by atoms with E-state index >= 15 is 0 Å². The number of hydrogen-bond donors (Lipinski definition) is 1. The highest BCUT2D eigenvalue weighted by atomic mass is 19.1. The van der Waals surface area contributed by atoms with E-state index in [0.717, 1.165) is 23.5 Å². The number of halogens is 2. The van der Waals surface area contributed by atoms with Crippen molar-refractivity contribution in [3.05, 3.63) is 65.0 Å². The lowest BCUT2D eigenvalue weighted by Gasteiger charge is -2.13. The van der Waals surface area contributed by atoms with Crippen LogP contribution in [0.4, 0.5) is 8.78 Å². The largest absolute Gasteiger partial charge is 0.332 e. The van der Waals surface area contributed by atoms with E-state index in [1.165, 1.54) is 0 Å². The van der Waals surface area contributed by atoms with Crippen molar-refractivity contribution in [1.29, 1.82) is 5.26 Å². The van der Waals surface area contributed by atoms with Crippen LogP contribution in [0.3, 0.4) is 0 Å². The van der Waals surface area contributed by atoms with E-state index in [0.29, 0.717) is 17.1 Å². The fourth-order valence-electron chi connectivity index (χ4n) is 2.59. The lowest BCUT2D eigenvalue weighted by molar-refractivity contribution is 0.0945. The summed E-state index contributed by atoms with van der Waals surface area (Å²) in [6.45, 7) is 1.85. The van der Waals surface area contributed by atoms with Crippen LogP contribution in [0.15, 0.2) is 36.4 Å². The molecule has 3 rings (SSSR count). The van der Waals surface area contributed by atoms with E-state index in [4.69, 9.17) is 0 Å². The molecule has 1 N–H and O–H groups in total. The second-order valence-electron chi connectivity index (χ2n) is 5.62. The van der Waals surface area contributed by atoms with Crippen molar-refractivity contribution in [3.63, 3.8) is 0 Å². The molecule has 1 aromatic heterocycles.